The van der Waals surface area contributed by atoms with Crippen molar-refractivity contribution in [1.82, 2.24) is 5.32 Å². The molecule has 2 fully saturated rings. The van der Waals surface area contributed by atoms with Crippen LogP contribution in [0.2, 0.25) is 0 Å². The van der Waals surface area contributed by atoms with E-state index in [1.165, 1.54) is 31.2 Å². The highest BCUT2D eigenvalue weighted by Crippen LogP contribution is 2.44. The van der Waals surface area contributed by atoms with Crippen LogP contribution >= 0.6 is 0 Å². The second-order valence-electron chi connectivity index (χ2n) is 6.47. The minimum Gasteiger partial charge on any atom is -0.492 e. The fourth-order valence-corrected chi connectivity index (χ4v) is 3.72. The van der Waals surface area contributed by atoms with Crippen LogP contribution in [0.3, 0.4) is 0 Å². The molecule has 2 saturated carbocycles. The highest BCUT2D eigenvalue weighted by Gasteiger charge is 2.39. The molecule has 0 aliphatic heterocycles. The molecule has 0 radical (unpaired) electrons. The van der Waals surface area contributed by atoms with Gasteiger partial charge in [-0.05, 0) is 57.1 Å². The largest absolute Gasteiger partial charge is 0.492 e. The van der Waals surface area contributed by atoms with E-state index in [9.17, 15) is 0 Å². The predicted octanol–water partition coefficient (Wildman–Crippen LogP) is 3.54. The third kappa shape index (κ3) is 3.11. The molecule has 3 rings (SSSR count). The van der Waals surface area contributed by atoms with Gasteiger partial charge in [-0.15, -0.1) is 0 Å². The summed E-state index contributed by atoms with van der Waals surface area (Å²) in [6, 6.07) is 9.49. The fraction of sp³-hybridized carbons (Fsp3) is 0.647. The van der Waals surface area contributed by atoms with E-state index in [1.54, 1.807) is 0 Å². The summed E-state index contributed by atoms with van der Waals surface area (Å²) in [6.07, 6.45) is 5.76. The highest BCUT2D eigenvalue weighted by molar-refractivity contribution is 5.26. The van der Waals surface area contributed by atoms with Crippen molar-refractivity contribution in [3.63, 3.8) is 0 Å². The summed E-state index contributed by atoms with van der Waals surface area (Å²) in [7, 11) is 0. The summed E-state index contributed by atoms with van der Waals surface area (Å²) in [4.78, 5) is 0. The van der Waals surface area contributed by atoms with Crippen LogP contribution in [0.5, 0.6) is 5.75 Å². The van der Waals surface area contributed by atoms with E-state index in [1.807, 2.05) is 0 Å². The maximum atomic E-state index is 5.85. The molecule has 4 unspecified atom stereocenters. The van der Waals surface area contributed by atoms with Gasteiger partial charge in [-0.3, -0.25) is 0 Å². The Morgan fingerprint density at radius 2 is 2.00 bits per heavy atom. The molecule has 0 amide bonds. The Hall–Kier alpha value is -1.02. The first kappa shape index (κ1) is 13.0. The summed E-state index contributed by atoms with van der Waals surface area (Å²) in [5.41, 5.74) is 1.28. The van der Waals surface area contributed by atoms with Gasteiger partial charge in [0.2, 0.25) is 0 Å². The first-order chi connectivity index (χ1) is 9.20. The van der Waals surface area contributed by atoms with Gasteiger partial charge >= 0.3 is 0 Å². The van der Waals surface area contributed by atoms with Crippen molar-refractivity contribution in [3.8, 4) is 5.75 Å². The summed E-state index contributed by atoms with van der Waals surface area (Å²) in [6.45, 7) is 5.10. The summed E-state index contributed by atoms with van der Waals surface area (Å²) in [5.74, 6) is 2.92. The zero-order valence-electron chi connectivity index (χ0n) is 12.1. The lowest BCUT2D eigenvalue weighted by Gasteiger charge is -2.26. The maximum absolute atomic E-state index is 5.85. The molecule has 0 heterocycles. The molecule has 19 heavy (non-hydrogen) atoms. The molecule has 1 N–H and O–H groups in total. The van der Waals surface area contributed by atoms with Crippen molar-refractivity contribution in [2.24, 2.45) is 11.8 Å². The summed E-state index contributed by atoms with van der Waals surface area (Å²) in [5, 5.41) is 3.77. The molecule has 104 valence electrons. The van der Waals surface area contributed by atoms with Gasteiger partial charge in [0, 0.05) is 12.1 Å². The van der Waals surface area contributed by atoms with Crippen LogP contribution in [0.4, 0.5) is 0 Å². The van der Waals surface area contributed by atoms with Crippen molar-refractivity contribution >= 4 is 0 Å². The van der Waals surface area contributed by atoms with Crippen LogP contribution in [0.25, 0.3) is 0 Å². The standard InChI is InChI=1S/C17H25NO/c1-12-3-7-16(8-4-12)19-11-13(2)18-17-10-14-5-6-15(17)9-14/h3-4,7-8,13-15,17-18H,5-6,9-11H2,1-2H3. The van der Waals surface area contributed by atoms with E-state index in [2.05, 4.69) is 43.4 Å². The Morgan fingerprint density at radius 1 is 1.21 bits per heavy atom. The lowest BCUT2D eigenvalue weighted by Crippen LogP contribution is -2.42. The molecule has 2 aliphatic rings. The zero-order valence-corrected chi connectivity index (χ0v) is 12.1. The van der Waals surface area contributed by atoms with Crippen LogP contribution in [0.15, 0.2) is 24.3 Å². The average molecular weight is 259 g/mol. The van der Waals surface area contributed by atoms with E-state index >= 15 is 0 Å². The number of hydrogen-bond donors (Lipinski definition) is 1. The Labute approximate surface area is 116 Å². The molecule has 2 nitrogen and oxygen atoms in total. The Morgan fingerprint density at radius 3 is 2.63 bits per heavy atom. The topological polar surface area (TPSA) is 21.3 Å². The van der Waals surface area contributed by atoms with Gasteiger partial charge in [0.15, 0.2) is 0 Å². The predicted molar refractivity (Wildman–Crippen MR) is 78.5 cm³/mol. The minimum atomic E-state index is 0.436. The molecule has 2 heteroatoms. The van der Waals surface area contributed by atoms with Gasteiger partial charge in [0.05, 0.1) is 0 Å². The molecule has 0 aromatic heterocycles. The lowest BCUT2D eigenvalue weighted by molar-refractivity contribution is 0.239. The molecule has 0 spiro atoms. The van der Waals surface area contributed by atoms with Gasteiger partial charge in [-0.1, -0.05) is 24.1 Å². The number of hydrogen-bond acceptors (Lipinski definition) is 2. The Balaban J connectivity index is 1.44. The van der Waals surface area contributed by atoms with E-state index in [0.29, 0.717) is 6.04 Å². The molecular weight excluding hydrogens is 234 g/mol. The molecule has 1 aromatic rings. The minimum absolute atomic E-state index is 0.436. The second kappa shape index (κ2) is 5.54. The summed E-state index contributed by atoms with van der Waals surface area (Å²) >= 11 is 0. The second-order valence-corrected chi connectivity index (χ2v) is 6.47. The first-order valence-corrected chi connectivity index (χ1v) is 7.66. The summed E-state index contributed by atoms with van der Waals surface area (Å²) < 4.78 is 5.85. The Bertz CT molecular complexity index is 414. The van der Waals surface area contributed by atoms with Crippen LogP contribution < -0.4 is 10.1 Å². The number of aryl methyl sites for hydroxylation is 1. The van der Waals surface area contributed by atoms with E-state index in [-0.39, 0.29) is 0 Å². The number of rotatable bonds is 5. The van der Waals surface area contributed by atoms with Gasteiger partial charge in [0.1, 0.15) is 12.4 Å². The van der Waals surface area contributed by atoms with Gasteiger partial charge in [-0.2, -0.15) is 0 Å². The van der Waals surface area contributed by atoms with Crippen molar-refractivity contribution in [2.75, 3.05) is 6.61 Å². The van der Waals surface area contributed by atoms with Crippen molar-refractivity contribution in [1.29, 1.82) is 0 Å². The SMILES string of the molecule is Cc1ccc(OCC(C)NC2CC3CCC2C3)cc1. The van der Waals surface area contributed by atoms with Crippen LogP contribution in [-0.2, 0) is 0 Å². The third-order valence-electron chi connectivity index (χ3n) is 4.76. The number of nitrogens with one attached hydrogen (secondary N) is 1. The van der Waals surface area contributed by atoms with Gasteiger partial charge in [-0.25, -0.2) is 0 Å². The monoisotopic (exact) mass is 259 g/mol. The van der Waals surface area contributed by atoms with Crippen molar-refractivity contribution < 1.29 is 4.74 Å². The first-order valence-electron chi connectivity index (χ1n) is 7.66. The van der Waals surface area contributed by atoms with E-state index in [4.69, 9.17) is 4.74 Å². The number of ether oxygens (including phenoxy) is 1. The quantitative estimate of drug-likeness (QED) is 0.873. The Kier molecular flexibility index (Phi) is 3.79. The van der Waals surface area contributed by atoms with Crippen molar-refractivity contribution in [3.05, 3.63) is 29.8 Å². The molecular formula is C17H25NO. The van der Waals surface area contributed by atoms with E-state index < -0.39 is 0 Å². The molecule has 1 aromatic carbocycles. The smallest absolute Gasteiger partial charge is 0.119 e. The average Bonchev–Trinajstić information content (AvgIpc) is 3.00. The number of benzene rings is 1. The van der Waals surface area contributed by atoms with Crippen LogP contribution in [-0.4, -0.2) is 18.7 Å². The zero-order chi connectivity index (χ0) is 13.2. The van der Waals surface area contributed by atoms with Gasteiger partial charge in [0.25, 0.3) is 0 Å². The maximum Gasteiger partial charge on any atom is 0.119 e. The van der Waals surface area contributed by atoms with E-state index in [0.717, 1.165) is 30.2 Å². The highest BCUT2D eigenvalue weighted by atomic mass is 16.5. The van der Waals surface area contributed by atoms with Gasteiger partial charge < -0.3 is 10.1 Å². The third-order valence-corrected chi connectivity index (χ3v) is 4.76. The fourth-order valence-electron chi connectivity index (χ4n) is 3.72. The number of fused-ring (bicyclic) bond motifs is 2. The molecule has 2 aliphatic carbocycles. The molecule has 4 atom stereocenters. The molecule has 0 saturated heterocycles. The van der Waals surface area contributed by atoms with Crippen molar-refractivity contribution in [2.45, 2.75) is 51.6 Å². The van der Waals surface area contributed by atoms with Crippen LogP contribution in [0, 0.1) is 18.8 Å². The molecule has 2 bridgehead atoms. The van der Waals surface area contributed by atoms with Crippen LogP contribution in [0.1, 0.15) is 38.2 Å². The normalized spacial score (nSPS) is 30.5. The lowest BCUT2D eigenvalue weighted by atomic mass is 9.95.